The Morgan fingerprint density at radius 1 is 1.23 bits per heavy atom. The van der Waals surface area contributed by atoms with Crippen LogP contribution < -0.4 is 5.32 Å². The van der Waals surface area contributed by atoms with Crippen molar-refractivity contribution in [3.63, 3.8) is 0 Å². The summed E-state index contributed by atoms with van der Waals surface area (Å²) in [6, 6.07) is 12.1. The average molecular weight is 320 g/mol. The van der Waals surface area contributed by atoms with Gasteiger partial charge < -0.3 is 15.0 Å². The van der Waals surface area contributed by atoms with Crippen molar-refractivity contribution in [3.05, 3.63) is 58.9 Å². The second kappa shape index (κ2) is 6.34. The summed E-state index contributed by atoms with van der Waals surface area (Å²) < 4.78 is 15.1. The lowest BCUT2D eigenvalue weighted by atomic mass is 10.2. The van der Waals surface area contributed by atoms with Crippen molar-refractivity contribution in [2.45, 2.75) is 6.54 Å². The fourth-order valence-electron chi connectivity index (χ4n) is 2.36. The molecule has 3 rings (SSSR count). The van der Waals surface area contributed by atoms with Gasteiger partial charge in [0.25, 0.3) is 0 Å². The topological polar surface area (TPSA) is 50.1 Å². The maximum atomic E-state index is 13.2. The molecule has 0 spiro atoms. The van der Waals surface area contributed by atoms with E-state index in [1.807, 2.05) is 28.8 Å². The van der Waals surface area contributed by atoms with Crippen LogP contribution in [0.5, 0.6) is 0 Å². The second-order valence-electron chi connectivity index (χ2n) is 4.90. The fraction of sp³-hybridized carbons (Fsp3) is 0.188. The first-order chi connectivity index (χ1) is 10.7. The first-order valence-electron chi connectivity index (χ1n) is 6.93. The monoisotopic (exact) mass is 319 g/mol. The van der Waals surface area contributed by atoms with E-state index in [-0.39, 0.29) is 12.4 Å². The molecule has 0 aliphatic carbocycles. The van der Waals surface area contributed by atoms with Gasteiger partial charge in [0.1, 0.15) is 5.82 Å². The summed E-state index contributed by atoms with van der Waals surface area (Å²) in [7, 11) is 0. The minimum absolute atomic E-state index is 0.0144. The van der Waals surface area contributed by atoms with E-state index in [0.29, 0.717) is 24.1 Å². The number of aliphatic hydroxyl groups is 1. The molecular formula is C16H15ClFN3O. The van der Waals surface area contributed by atoms with Gasteiger partial charge >= 0.3 is 0 Å². The van der Waals surface area contributed by atoms with Gasteiger partial charge in [0, 0.05) is 11.6 Å². The van der Waals surface area contributed by atoms with Crippen molar-refractivity contribution in [2.24, 2.45) is 0 Å². The number of aliphatic hydroxyl groups excluding tert-OH is 1. The van der Waals surface area contributed by atoms with Crippen LogP contribution in [0.15, 0.2) is 42.5 Å². The Kier molecular flexibility index (Phi) is 4.27. The zero-order valence-corrected chi connectivity index (χ0v) is 12.5. The maximum absolute atomic E-state index is 13.2. The minimum Gasteiger partial charge on any atom is -0.395 e. The van der Waals surface area contributed by atoms with E-state index >= 15 is 0 Å². The molecule has 0 aliphatic heterocycles. The number of imidazole rings is 1. The highest BCUT2D eigenvalue weighted by atomic mass is 35.5. The number of nitrogens with zero attached hydrogens (tertiary/aromatic N) is 2. The van der Waals surface area contributed by atoms with Crippen molar-refractivity contribution in [2.75, 3.05) is 18.5 Å². The predicted octanol–water partition coefficient (Wildman–Crippen LogP) is 3.28. The number of benzene rings is 2. The molecule has 4 nitrogen and oxygen atoms in total. The third-order valence-corrected chi connectivity index (χ3v) is 3.74. The largest absolute Gasteiger partial charge is 0.395 e. The normalized spacial score (nSPS) is 11.0. The molecule has 0 fully saturated rings. The molecule has 0 bridgehead atoms. The zero-order valence-electron chi connectivity index (χ0n) is 11.8. The third kappa shape index (κ3) is 2.91. The number of para-hydroxylation sites is 2. The van der Waals surface area contributed by atoms with Crippen LogP contribution in [0.1, 0.15) is 5.56 Å². The summed E-state index contributed by atoms with van der Waals surface area (Å²) in [6.45, 7) is 0.883. The van der Waals surface area contributed by atoms with Gasteiger partial charge in [-0.05, 0) is 29.8 Å². The molecule has 114 valence electrons. The van der Waals surface area contributed by atoms with Crippen molar-refractivity contribution < 1.29 is 9.50 Å². The number of rotatable bonds is 5. The summed E-state index contributed by atoms with van der Waals surface area (Å²) in [5, 5.41) is 12.5. The van der Waals surface area contributed by atoms with E-state index in [1.54, 1.807) is 6.07 Å². The first kappa shape index (κ1) is 14.8. The van der Waals surface area contributed by atoms with Crippen LogP contribution in [0.25, 0.3) is 11.0 Å². The van der Waals surface area contributed by atoms with Crippen LogP contribution in [0.4, 0.5) is 10.3 Å². The Morgan fingerprint density at radius 3 is 2.82 bits per heavy atom. The zero-order chi connectivity index (χ0) is 15.5. The second-order valence-corrected chi connectivity index (χ2v) is 5.30. The molecule has 1 heterocycles. The number of halogens is 2. The van der Waals surface area contributed by atoms with Crippen LogP contribution in [0.2, 0.25) is 5.02 Å². The van der Waals surface area contributed by atoms with Gasteiger partial charge in [-0.2, -0.15) is 0 Å². The number of anilines is 1. The predicted molar refractivity (Wildman–Crippen MR) is 85.8 cm³/mol. The number of aromatic nitrogens is 2. The van der Waals surface area contributed by atoms with Gasteiger partial charge in [0.15, 0.2) is 0 Å². The third-order valence-electron chi connectivity index (χ3n) is 3.39. The summed E-state index contributed by atoms with van der Waals surface area (Å²) in [5.74, 6) is 0.290. The molecule has 0 amide bonds. The Labute approximate surface area is 132 Å². The van der Waals surface area contributed by atoms with E-state index in [1.165, 1.54) is 12.1 Å². The molecular weight excluding hydrogens is 305 g/mol. The number of hydrogen-bond acceptors (Lipinski definition) is 3. The molecule has 2 aromatic carbocycles. The molecule has 22 heavy (non-hydrogen) atoms. The van der Waals surface area contributed by atoms with Crippen molar-refractivity contribution in [3.8, 4) is 0 Å². The Bertz CT molecular complexity index is 803. The number of nitrogens with one attached hydrogen (secondary N) is 1. The summed E-state index contributed by atoms with van der Waals surface area (Å²) in [4.78, 5) is 4.52. The highest BCUT2D eigenvalue weighted by molar-refractivity contribution is 6.31. The van der Waals surface area contributed by atoms with Gasteiger partial charge in [-0.1, -0.05) is 29.8 Å². The van der Waals surface area contributed by atoms with Gasteiger partial charge in [0.2, 0.25) is 5.95 Å². The maximum Gasteiger partial charge on any atom is 0.204 e. The molecule has 0 saturated carbocycles. The molecule has 0 atom stereocenters. The van der Waals surface area contributed by atoms with E-state index in [0.717, 1.165) is 16.6 Å². The van der Waals surface area contributed by atoms with Gasteiger partial charge in [-0.15, -0.1) is 0 Å². The average Bonchev–Trinajstić information content (AvgIpc) is 2.86. The van der Waals surface area contributed by atoms with Crippen molar-refractivity contribution in [1.82, 2.24) is 9.55 Å². The van der Waals surface area contributed by atoms with Crippen LogP contribution in [-0.4, -0.2) is 27.8 Å². The molecule has 6 heteroatoms. The van der Waals surface area contributed by atoms with Gasteiger partial charge in [-0.3, -0.25) is 0 Å². The van der Waals surface area contributed by atoms with Crippen LogP contribution in [0.3, 0.4) is 0 Å². The molecule has 1 aromatic heterocycles. The van der Waals surface area contributed by atoms with E-state index in [9.17, 15) is 4.39 Å². The summed E-state index contributed by atoms with van der Waals surface area (Å²) in [6.07, 6.45) is 0. The van der Waals surface area contributed by atoms with E-state index in [4.69, 9.17) is 16.7 Å². The lowest BCUT2D eigenvalue weighted by molar-refractivity contribution is 0.310. The van der Waals surface area contributed by atoms with Crippen molar-refractivity contribution in [1.29, 1.82) is 0 Å². The van der Waals surface area contributed by atoms with Gasteiger partial charge in [0.05, 0.1) is 24.2 Å². The number of hydrogen-bond donors (Lipinski definition) is 2. The Balaban J connectivity index is 2.03. The van der Waals surface area contributed by atoms with Gasteiger partial charge in [-0.25, -0.2) is 9.37 Å². The smallest absolute Gasteiger partial charge is 0.204 e. The molecule has 0 unspecified atom stereocenters. The number of fused-ring (bicyclic) bond motifs is 1. The quantitative estimate of drug-likeness (QED) is 0.759. The Morgan fingerprint density at radius 2 is 2.05 bits per heavy atom. The highest BCUT2D eigenvalue weighted by Gasteiger charge is 2.12. The highest BCUT2D eigenvalue weighted by Crippen LogP contribution is 2.24. The van der Waals surface area contributed by atoms with Crippen molar-refractivity contribution >= 4 is 28.6 Å². The molecule has 3 aromatic rings. The summed E-state index contributed by atoms with van der Waals surface area (Å²) >= 11 is 6.12. The lowest BCUT2D eigenvalue weighted by Gasteiger charge is -2.11. The van der Waals surface area contributed by atoms with E-state index < -0.39 is 0 Å². The van der Waals surface area contributed by atoms with Crippen LogP contribution >= 0.6 is 11.6 Å². The van der Waals surface area contributed by atoms with Crippen LogP contribution in [0, 0.1) is 5.82 Å². The molecule has 2 N–H and O–H groups in total. The molecule has 0 saturated heterocycles. The fourth-order valence-corrected chi connectivity index (χ4v) is 2.59. The van der Waals surface area contributed by atoms with Crippen LogP contribution in [-0.2, 0) is 6.54 Å². The van der Waals surface area contributed by atoms with E-state index in [2.05, 4.69) is 10.3 Å². The standard InChI is InChI=1S/C16H15ClFN3O/c17-13-9-12(18)6-5-11(13)10-21-15-4-2-1-3-14(15)20-16(21)19-7-8-22/h1-6,9,22H,7-8,10H2,(H,19,20). The summed E-state index contributed by atoms with van der Waals surface area (Å²) in [5.41, 5.74) is 2.60. The molecule has 0 aliphatic rings. The minimum atomic E-state index is -0.358. The lowest BCUT2D eigenvalue weighted by Crippen LogP contribution is -2.12. The molecule has 0 radical (unpaired) electrons. The Hall–Kier alpha value is -2.11. The SMILES string of the molecule is OCCNc1nc2ccccc2n1Cc1ccc(F)cc1Cl. The first-order valence-corrected chi connectivity index (χ1v) is 7.31.